The van der Waals surface area contributed by atoms with Crippen LogP contribution in [0.2, 0.25) is 0 Å². The number of hydrogen-bond acceptors (Lipinski definition) is 3. The Kier molecular flexibility index (Phi) is 6.33. The molecule has 0 radical (unpaired) electrons. The van der Waals surface area contributed by atoms with Gasteiger partial charge >= 0.3 is 0 Å². The zero-order chi connectivity index (χ0) is 15.8. The molecule has 6 heteroatoms. The van der Waals surface area contributed by atoms with E-state index < -0.39 is 0 Å². The molecule has 2 rings (SSSR count). The van der Waals surface area contributed by atoms with Gasteiger partial charge in [0.05, 0.1) is 12.8 Å². The standard InChI is InChI=1S/C16H23FN4O/c17-15-8-13(9-20-21-16(18)19)6-7-14(15)11-22-10-12-4-2-1-3-5-12/h6-9,12H,1-5,10-11H2,(H4,18,19,21). The summed E-state index contributed by atoms with van der Waals surface area (Å²) in [6.45, 7) is 1.01. The van der Waals surface area contributed by atoms with E-state index in [2.05, 4.69) is 10.2 Å². The van der Waals surface area contributed by atoms with E-state index in [1.165, 1.54) is 44.4 Å². The molecular formula is C16H23FN4O. The van der Waals surface area contributed by atoms with E-state index in [4.69, 9.17) is 16.2 Å². The Morgan fingerprint density at radius 3 is 2.73 bits per heavy atom. The maximum Gasteiger partial charge on any atom is 0.211 e. The second-order valence-electron chi connectivity index (χ2n) is 5.64. The summed E-state index contributed by atoms with van der Waals surface area (Å²) < 4.78 is 19.6. The van der Waals surface area contributed by atoms with Crippen LogP contribution in [0.4, 0.5) is 4.39 Å². The fraction of sp³-hybridized carbons (Fsp3) is 0.500. The lowest BCUT2D eigenvalue weighted by molar-refractivity contribution is 0.0723. The Bertz CT molecular complexity index is 535. The predicted molar refractivity (Wildman–Crippen MR) is 86.0 cm³/mol. The van der Waals surface area contributed by atoms with Crippen molar-refractivity contribution in [2.24, 2.45) is 27.6 Å². The Balaban J connectivity index is 1.84. The number of halogens is 1. The average Bonchev–Trinajstić information content (AvgIpc) is 2.50. The summed E-state index contributed by atoms with van der Waals surface area (Å²) in [5, 5.41) is 7.12. The van der Waals surface area contributed by atoms with Crippen LogP contribution in [0.5, 0.6) is 0 Å². The predicted octanol–water partition coefficient (Wildman–Crippen LogP) is 2.53. The number of rotatable bonds is 6. The van der Waals surface area contributed by atoms with Gasteiger partial charge in [-0.25, -0.2) is 4.39 Å². The second kappa shape index (κ2) is 8.48. The lowest BCUT2D eigenvalue weighted by Crippen LogP contribution is -2.21. The highest BCUT2D eigenvalue weighted by molar-refractivity contribution is 5.81. The smallest absolute Gasteiger partial charge is 0.211 e. The summed E-state index contributed by atoms with van der Waals surface area (Å²) in [4.78, 5) is 0. The minimum absolute atomic E-state index is 0.135. The van der Waals surface area contributed by atoms with Crippen molar-refractivity contribution < 1.29 is 9.13 Å². The molecule has 1 aromatic carbocycles. The molecule has 0 aliphatic heterocycles. The summed E-state index contributed by atoms with van der Waals surface area (Å²) >= 11 is 0. The van der Waals surface area contributed by atoms with Gasteiger partial charge in [0.2, 0.25) is 5.96 Å². The molecular weight excluding hydrogens is 283 g/mol. The van der Waals surface area contributed by atoms with Crippen molar-refractivity contribution >= 4 is 12.2 Å². The lowest BCUT2D eigenvalue weighted by atomic mass is 9.90. The van der Waals surface area contributed by atoms with Gasteiger partial charge in [-0.05, 0) is 30.4 Å². The van der Waals surface area contributed by atoms with Gasteiger partial charge in [-0.2, -0.15) is 5.10 Å². The molecule has 0 aromatic heterocycles. The molecule has 0 spiro atoms. The third-order valence-corrected chi connectivity index (χ3v) is 3.79. The van der Waals surface area contributed by atoms with Crippen LogP contribution in [0.15, 0.2) is 28.4 Å². The second-order valence-corrected chi connectivity index (χ2v) is 5.64. The molecule has 120 valence electrons. The summed E-state index contributed by atoms with van der Waals surface area (Å²) in [6, 6.07) is 4.85. The quantitative estimate of drug-likeness (QED) is 0.481. The van der Waals surface area contributed by atoms with Crippen molar-refractivity contribution in [3.63, 3.8) is 0 Å². The van der Waals surface area contributed by atoms with Gasteiger partial charge in [0.25, 0.3) is 0 Å². The van der Waals surface area contributed by atoms with E-state index in [-0.39, 0.29) is 11.8 Å². The van der Waals surface area contributed by atoms with Crippen LogP contribution in [-0.4, -0.2) is 18.8 Å². The van der Waals surface area contributed by atoms with E-state index in [1.54, 1.807) is 12.1 Å². The molecule has 0 heterocycles. The monoisotopic (exact) mass is 306 g/mol. The highest BCUT2D eigenvalue weighted by atomic mass is 19.1. The average molecular weight is 306 g/mol. The van der Waals surface area contributed by atoms with E-state index >= 15 is 0 Å². The van der Waals surface area contributed by atoms with Crippen LogP contribution in [0, 0.1) is 11.7 Å². The summed E-state index contributed by atoms with van der Waals surface area (Å²) in [6.07, 6.45) is 7.74. The number of benzene rings is 1. The first kappa shape index (κ1) is 16.4. The molecule has 22 heavy (non-hydrogen) atoms. The molecule has 0 atom stereocenters. The van der Waals surface area contributed by atoms with Crippen molar-refractivity contribution in [2.75, 3.05) is 6.61 Å². The number of nitrogens with two attached hydrogens (primary N) is 2. The van der Waals surface area contributed by atoms with Gasteiger partial charge in [-0.15, -0.1) is 5.10 Å². The van der Waals surface area contributed by atoms with Crippen LogP contribution in [-0.2, 0) is 11.3 Å². The molecule has 0 bridgehead atoms. The largest absolute Gasteiger partial charge is 0.376 e. The molecule has 1 fully saturated rings. The van der Waals surface area contributed by atoms with Crippen LogP contribution in [0.1, 0.15) is 43.2 Å². The molecule has 0 saturated heterocycles. The van der Waals surface area contributed by atoms with E-state index in [0.29, 0.717) is 30.3 Å². The van der Waals surface area contributed by atoms with Crippen LogP contribution < -0.4 is 11.5 Å². The van der Waals surface area contributed by atoms with Gasteiger partial charge in [-0.1, -0.05) is 31.4 Å². The molecule has 0 amide bonds. The van der Waals surface area contributed by atoms with Crippen LogP contribution in [0.3, 0.4) is 0 Å². The molecule has 5 nitrogen and oxygen atoms in total. The molecule has 0 unspecified atom stereocenters. The van der Waals surface area contributed by atoms with E-state index in [9.17, 15) is 4.39 Å². The lowest BCUT2D eigenvalue weighted by Gasteiger charge is -2.21. The van der Waals surface area contributed by atoms with Gasteiger partial charge in [0.1, 0.15) is 5.82 Å². The summed E-state index contributed by atoms with van der Waals surface area (Å²) in [5.74, 6) is 0.185. The normalized spacial score (nSPS) is 16.0. The molecule has 1 aliphatic rings. The third-order valence-electron chi connectivity index (χ3n) is 3.79. The highest BCUT2D eigenvalue weighted by Gasteiger charge is 2.13. The Morgan fingerprint density at radius 2 is 2.05 bits per heavy atom. The van der Waals surface area contributed by atoms with Crippen LogP contribution >= 0.6 is 0 Å². The van der Waals surface area contributed by atoms with E-state index in [1.807, 2.05) is 0 Å². The van der Waals surface area contributed by atoms with Gasteiger partial charge < -0.3 is 16.2 Å². The fourth-order valence-electron chi connectivity index (χ4n) is 2.61. The van der Waals surface area contributed by atoms with Crippen LogP contribution in [0.25, 0.3) is 0 Å². The first-order valence-electron chi connectivity index (χ1n) is 7.63. The Morgan fingerprint density at radius 1 is 1.27 bits per heavy atom. The molecule has 1 aliphatic carbocycles. The minimum atomic E-state index is -0.308. The number of nitrogens with zero attached hydrogens (tertiary/aromatic N) is 2. The van der Waals surface area contributed by atoms with Crippen molar-refractivity contribution in [3.8, 4) is 0 Å². The Labute approximate surface area is 130 Å². The van der Waals surface area contributed by atoms with E-state index in [0.717, 1.165) is 0 Å². The zero-order valence-corrected chi connectivity index (χ0v) is 12.7. The maximum absolute atomic E-state index is 14.0. The van der Waals surface area contributed by atoms with Crippen molar-refractivity contribution in [3.05, 3.63) is 35.1 Å². The molecule has 1 aromatic rings. The molecule has 4 N–H and O–H groups in total. The highest BCUT2D eigenvalue weighted by Crippen LogP contribution is 2.24. The first-order chi connectivity index (χ1) is 10.6. The fourth-order valence-corrected chi connectivity index (χ4v) is 2.61. The maximum atomic E-state index is 14.0. The van der Waals surface area contributed by atoms with Crippen molar-refractivity contribution in [2.45, 2.75) is 38.7 Å². The number of hydrogen-bond donors (Lipinski definition) is 2. The number of ether oxygens (including phenoxy) is 1. The topological polar surface area (TPSA) is 86.0 Å². The van der Waals surface area contributed by atoms with Gasteiger partial charge in [0.15, 0.2) is 0 Å². The summed E-state index contributed by atoms with van der Waals surface area (Å²) in [7, 11) is 0. The number of guanidine groups is 1. The summed E-state index contributed by atoms with van der Waals surface area (Å²) in [5.41, 5.74) is 11.4. The third kappa shape index (κ3) is 5.44. The minimum Gasteiger partial charge on any atom is -0.376 e. The first-order valence-corrected chi connectivity index (χ1v) is 7.63. The van der Waals surface area contributed by atoms with Crippen molar-refractivity contribution in [1.82, 2.24) is 0 Å². The SMILES string of the molecule is NC(N)=NN=Cc1ccc(COCC2CCCCC2)c(F)c1. The van der Waals surface area contributed by atoms with Gasteiger partial charge in [-0.3, -0.25) is 0 Å². The Hall–Kier alpha value is -1.95. The van der Waals surface area contributed by atoms with Gasteiger partial charge in [0, 0.05) is 12.2 Å². The zero-order valence-electron chi connectivity index (χ0n) is 12.7. The molecule has 1 saturated carbocycles. The van der Waals surface area contributed by atoms with Crippen molar-refractivity contribution in [1.29, 1.82) is 0 Å².